The summed E-state index contributed by atoms with van der Waals surface area (Å²) in [6.07, 6.45) is 3.57. The number of hydrogen-bond donors (Lipinski definition) is 1. The molecule has 142 valence electrons. The summed E-state index contributed by atoms with van der Waals surface area (Å²) in [7, 11) is 1.84. The van der Waals surface area contributed by atoms with Gasteiger partial charge in [0, 0.05) is 46.7 Å². The molecule has 1 N–H and O–H groups in total. The average molecular weight is 415 g/mol. The van der Waals surface area contributed by atoms with E-state index in [0.29, 0.717) is 23.0 Å². The normalized spacial score (nSPS) is 16.7. The number of aryl methyl sites for hydroxylation is 1. The largest absolute Gasteiger partial charge is 0.339 e. The van der Waals surface area contributed by atoms with Crippen LogP contribution in [0.2, 0.25) is 5.02 Å². The minimum Gasteiger partial charge on any atom is -0.339 e. The molecule has 0 saturated carbocycles. The Morgan fingerprint density at radius 3 is 2.89 bits per heavy atom. The highest BCUT2D eigenvalue weighted by Crippen LogP contribution is 2.40. The fourth-order valence-electron chi connectivity index (χ4n) is 3.09. The zero-order chi connectivity index (χ0) is 19.7. The van der Waals surface area contributed by atoms with E-state index in [1.807, 2.05) is 24.7 Å². The van der Waals surface area contributed by atoms with E-state index >= 15 is 0 Å². The summed E-state index contributed by atoms with van der Waals surface area (Å²) >= 11 is 7.86. The van der Waals surface area contributed by atoms with Crippen LogP contribution in [0.15, 0.2) is 57.7 Å². The van der Waals surface area contributed by atoms with Crippen LogP contribution in [-0.2, 0) is 7.05 Å². The van der Waals surface area contributed by atoms with Crippen LogP contribution in [0.3, 0.4) is 0 Å². The molecule has 1 unspecified atom stereocenters. The SMILES string of the molecule is C=NCC1=C(c2ccn(C)n2)C(c2ccc(F)cc2Cl)N=C(c2nccs2)N1. The number of hydrogen-bond acceptors (Lipinski definition) is 6. The van der Waals surface area contributed by atoms with Gasteiger partial charge in [-0.25, -0.2) is 9.37 Å². The molecule has 1 aliphatic heterocycles. The lowest BCUT2D eigenvalue weighted by molar-refractivity contribution is 0.626. The first kappa shape index (κ1) is 18.5. The Kier molecular flexibility index (Phi) is 5.06. The summed E-state index contributed by atoms with van der Waals surface area (Å²) in [6.45, 7) is 3.96. The summed E-state index contributed by atoms with van der Waals surface area (Å²) in [5.74, 6) is 0.210. The molecule has 0 fully saturated rings. The lowest BCUT2D eigenvalue weighted by Crippen LogP contribution is -2.32. The second-order valence-electron chi connectivity index (χ2n) is 6.16. The third-order valence-electron chi connectivity index (χ3n) is 4.28. The molecular weight excluding hydrogens is 399 g/mol. The Labute approximate surface area is 170 Å². The van der Waals surface area contributed by atoms with Crippen LogP contribution in [-0.4, -0.2) is 33.9 Å². The van der Waals surface area contributed by atoms with Crippen molar-refractivity contribution in [2.24, 2.45) is 17.0 Å². The van der Waals surface area contributed by atoms with Crippen LogP contribution < -0.4 is 5.32 Å². The zero-order valence-electron chi connectivity index (χ0n) is 14.9. The van der Waals surface area contributed by atoms with Crippen LogP contribution in [0.5, 0.6) is 0 Å². The van der Waals surface area contributed by atoms with Gasteiger partial charge in [0.1, 0.15) is 11.9 Å². The van der Waals surface area contributed by atoms with Crippen LogP contribution in [0.25, 0.3) is 5.57 Å². The fraction of sp³-hybridized carbons (Fsp3) is 0.158. The van der Waals surface area contributed by atoms with Gasteiger partial charge in [0.2, 0.25) is 0 Å². The molecule has 0 amide bonds. The number of benzene rings is 1. The van der Waals surface area contributed by atoms with E-state index in [2.05, 4.69) is 27.1 Å². The van der Waals surface area contributed by atoms with Gasteiger partial charge >= 0.3 is 0 Å². The van der Waals surface area contributed by atoms with Crippen molar-refractivity contribution in [1.29, 1.82) is 0 Å². The Balaban J connectivity index is 1.92. The number of nitrogens with zero attached hydrogens (tertiary/aromatic N) is 5. The molecule has 4 rings (SSSR count). The molecular formula is C19H16ClFN6S. The lowest BCUT2D eigenvalue weighted by atomic mass is 9.93. The molecule has 3 aromatic rings. The highest BCUT2D eigenvalue weighted by molar-refractivity contribution is 7.11. The number of aliphatic imine (C=N–C) groups is 2. The van der Waals surface area contributed by atoms with Gasteiger partial charge in [0.05, 0.1) is 12.2 Å². The monoisotopic (exact) mass is 414 g/mol. The van der Waals surface area contributed by atoms with Crippen molar-refractivity contribution in [3.8, 4) is 0 Å². The maximum absolute atomic E-state index is 13.6. The van der Waals surface area contributed by atoms with Gasteiger partial charge in [-0.15, -0.1) is 11.3 Å². The van der Waals surface area contributed by atoms with E-state index in [1.165, 1.54) is 23.5 Å². The summed E-state index contributed by atoms with van der Waals surface area (Å²) in [4.78, 5) is 13.3. The lowest BCUT2D eigenvalue weighted by Gasteiger charge is -2.27. The number of aromatic nitrogens is 3. The second-order valence-corrected chi connectivity index (χ2v) is 7.46. The first-order chi connectivity index (χ1) is 13.6. The average Bonchev–Trinajstić information content (AvgIpc) is 3.33. The van der Waals surface area contributed by atoms with E-state index in [-0.39, 0.29) is 0 Å². The topological polar surface area (TPSA) is 67.5 Å². The molecule has 3 heterocycles. The number of halogens is 2. The van der Waals surface area contributed by atoms with Gasteiger partial charge in [0.25, 0.3) is 0 Å². The maximum atomic E-state index is 13.6. The van der Waals surface area contributed by atoms with Crippen molar-refractivity contribution in [3.63, 3.8) is 0 Å². The van der Waals surface area contributed by atoms with Crippen LogP contribution >= 0.6 is 22.9 Å². The minimum atomic E-state index is -0.486. The first-order valence-corrected chi connectivity index (χ1v) is 9.67. The summed E-state index contributed by atoms with van der Waals surface area (Å²) in [5.41, 5.74) is 3.04. The molecule has 1 aromatic carbocycles. The maximum Gasteiger partial charge on any atom is 0.163 e. The second kappa shape index (κ2) is 7.65. The number of thiazole rings is 1. The molecule has 0 aliphatic carbocycles. The van der Waals surface area contributed by atoms with E-state index in [4.69, 9.17) is 16.6 Å². The number of rotatable bonds is 5. The van der Waals surface area contributed by atoms with Crippen LogP contribution in [0.1, 0.15) is 22.3 Å². The van der Waals surface area contributed by atoms with E-state index < -0.39 is 11.9 Å². The standard InChI is InChI=1S/C19H16ClFN6S/c1-22-10-15-16(14-5-7-27(2)26-14)17(12-4-3-11(21)9-13(12)20)25-18(24-15)19-23-6-8-28-19/h3-9,17H,1,10H2,2H3,(H,24,25). The van der Waals surface area contributed by atoms with Crippen molar-refractivity contribution in [3.05, 3.63) is 74.8 Å². The van der Waals surface area contributed by atoms with Gasteiger partial charge in [-0.1, -0.05) is 17.7 Å². The Morgan fingerprint density at radius 2 is 2.25 bits per heavy atom. The van der Waals surface area contributed by atoms with Gasteiger partial charge in [-0.05, 0) is 24.9 Å². The van der Waals surface area contributed by atoms with Crippen molar-refractivity contribution >= 4 is 41.1 Å². The quantitative estimate of drug-likeness (QED) is 0.644. The van der Waals surface area contributed by atoms with E-state index in [9.17, 15) is 4.39 Å². The third-order valence-corrected chi connectivity index (χ3v) is 5.38. The third kappa shape index (κ3) is 3.48. The Bertz CT molecular complexity index is 1090. The van der Waals surface area contributed by atoms with Gasteiger partial charge in [0.15, 0.2) is 10.8 Å². The highest BCUT2D eigenvalue weighted by atomic mass is 35.5. The Hall–Kier alpha value is -2.84. The van der Waals surface area contributed by atoms with Gasteiger partial charge in [-0.2, -0.15) is 5.10 Å². The summed E-state index contributed by atoms with van der Waals surface area (Å²) < 4.78 is 15.4. The molecule has 6 nitrogen and oxygen atoms in total. The minimum absolute atomic E-state index is 0.300. The van der Waals surface area contributed by atoms with E-state index in [0.717, 1.165) is 22.0 Å². The van der Waals surface area contributed by atoms with E-state index in [1.54, 1.807) is 16.9 Å². The van der Waals surface area contributed by atoms with Gasteiger partial charge < -0.3 is 5.32 Å². The zero-order valence-corrected chi connectivity index (χ0v) is 16.5. The Morgan fingerprint density at radius 1 is 1.39 bits per heavy atom. The van der Waals surface area contributed by atoms with Crippen molar-refractivity contribution in [2.75, 3.05) is 6.54 Å². The van der Waals surface area contributed by atoms with Crippen molar-refractivity contribution < 1.29 is 4.39 Å². The fourth-order valence-corrected chi connectivity index (χ4v) is 3.95. The predicted octanol–water partition coefficient (Wildman–Crippen LogP) is 3.87. The molecule has 0 saturated heterocycles. The first-order valence-electron chi connectivity index (χ1n) is 8.42. The molecule has 28 heavy (non-hydrogen) atoms. The molecule has 1 atom stereocenters. The van der Waals surface area contributed by atoms with Crippen molar-refractivity contribution in [2.45, 2.75) is 6.04 Å². The summed E-state index contributed by atoms with van der Waals surface area (Å²) in [6, 6.07) is 5.73. The van der Waals surface area contributed by atoms with Crippen LogP contribution in [0, 0.1) is 5.82 Å². The molecule has 1 aliphatic rings. The highest BCUT2D eigenvalue weighted by Gasteiger charge is 2.30. The molecule has 2 aromatic heterocycles. The molecule has 0 bridgehead atoms. The summed E-state index contributed by atoms with van der Waals surface area (Å²) in [5, 5.41) is 10.8. The molecule has 0 spiro atoms. The van der Waals surface area contributed by atoms with Crippen molar-refractivity contribution in [1.82, 2.24) is 20.1 Å². The van der Waals surface area contributed by atoms with Crippen LogP contribution in [0.4, 0.5) is 4.39 Å². The molecule has 0 radical (unpaired) electrons. The smallest absolute Gasteiger partial charge is 0.163 e. The van der Waals surface area contributed by atoms with Gasteiger partial charge in [-0.3, -0.25) is 14.7 Å². The number of nitrogens with one attached hydrogen (secondary N) is 1. The number of amidine groups is 1. The molecule has 9 heteroatoms. The predicted molar refractivity (Wildman–Crippen MR) is 110 cm³/mol.